The van der Waals surface area contributed by atoms with E-state index in [0.29, 0.717) is 12.0 Å². The number of hydrogen-bond acceptors (Lipinski definition) is 3. The maximum Gasteiger partial charge on any atom is 0.105 e. The Bertz CT molecular complexity index is 612. The molecule has 1 atom stereocenters. The summed E-state index contributed by atoms with van der Waals surface area (Å²) < 4.78 is 0. The molecule has 0 amide bonds. The minimum atomic E-state index is 0.520. The van der Waals surface area contributed by atoms with Crippen molar-refractivity contribution >= 4 is 11.8 Å². The predicted octanol–water partition coefficient (Wildman–Crippen LogP) is 5.42. The molecular weight excluding hydrogens is 300 g/mol. The van der Waals surface area contributed by atoms with Crippen LogP contribution in [0.5, 0.6) is 0 Å². The van der Waals surface area contributed by atoms with Crippen molar-refractivity contribution in [3.8, 4) is 0 Å². The number of pyridine rings is 1. The molecule has 0 spiro atoms. The Morgan fingerprint density at radius 1 is 1.13 bits per heavy atom. The Hall–Kier alpha value is -1.32. The van der Waals surface area contributed by atoms with Crippen LogP contribution in [0.2, 0.25) is 0 Å². The monoisotopic (exact) mass is 326 g/mol. The molecule has 1 aromatic heterocycles. The average Bonchev–Trinajstić information content (AvgIpc) is 2.56. The first-order valence-electron chi connectivity index (χ1n) is 8.66. The summed E-state index contributed by atoms with van der Waals surface area (Å²) in [6.45, 7) is 7.02. The summed E-state index contributed by atoms with van der Waals surface area (Å²) in [5.41, 5.74) is 1.40. The molecule has 3 rings (SSSR count). The van der Waals surface area contributed by atoms with E-state index in [-0.39, 0.29) is 0 Å². The van der Waals surface area contributed by atoms with Gasteiger partial charge in [0.1, 0.15) is 5.03 Å². The van der Waals surface area contributed by atoms with E-state index in [4.69, 9.17) is 4.98 Å². The molecule has 1 saturated heterocycles. The maximum absolute atomic E-state index is 4.70. The van der Waals surface area contributed by atoms with Crippen molar-refractivity contribution in [1.29, 1.82) is 0 Å². The highest BCUT2D eigenvalue weighted by atomic mass is 32.2. The third-order valence-corrected chi connectivity index (χ3v) is 5.37. The largest absolute Gasteiger partial charge is 0.296 e. The first-order valence-corrected chi connectivity index (χ1v) is 9.47. The number of rotatable bonds is 5. The van der Waals surface area contributed by atoms with E-state index in [1.165, 1.54) is 47.8 Å². The summed E-state index contributed by atoms with van der Waals surface area (Å²) in [6, 6.07) is 15.5. The summed E-state index contributed by atoms with van der Waals surface area (Å²) in [5, 5.41) is 1.17. The Morgan fingerprint density at radius 3 is 2.74 bits per heavy atom. The van der Waals surface area contributed by atoms with Crippen molar-refractivity contribution in [2.75, 3.05) is 13.1 Å². The first kappa shape index (κ1) is 16.5. The lowest BCUT2D eigenvalue weighted by molar-refractivity contribution is 0.130. The molecule has 1 aliphatic heterocycles. The van der Waals surface area contributed by atoms with Gasteiger partial charge in [0.25, 0.3) is 0 Å². The number of likely N-dealkylation sites (tertiary alicyclic amines) is 1. The number of hydrogen-bond donors (Lipinski definition) is 0. The molecule has 0 aliphatic carbocycles. The minimum Gasteiger partial charge on any atom is -0.296 e. The van der Waals surface area contributed by atoms with Crippen LogP contribution in [0, 0.1) is 5.92 Å². The van der Waals surface area contributed by atoms with Gasteiger partial charge in [0.2, 0.25) is 0 Å². The summed E-state index contributed by atoms with van der Waals surface area (Å²) in [7, 11) is 0. The molecule has 1 fully saturated rings. The number of nitrogens with zero attached hydrogens (tertiary/aromatic N) is 2. The van der Waals surface area contributed by atoms with E-state index < -0.39 is 0 Å². The standard InChI is InChI=1S/C20H26N2S/c1-16(2)15-22-14-7-6-12-19(22)18-11-8-13-21-20(18)23-17-9-4-3-5-10-17/h3-5,8-11,13,16,19H,6-7,12,14-15H2,1-2H3/t19-/m0/s1. The van der Waals surface area contributed by atoms with Crippen molar-refractivity contribution in [3.05, 3.63) is 54.2 Å². The van der Waals surface area contributed by atoms with Gasteiger partial charge in [-0.15, -0.1) is 0 Å². The lowest BCUT2D eigenvalue weighted by atomic mass is 9.95. The van der Waals surface area contributed by atoms with Gasteiger partial charge in [0.05, 0.1) is 0 Å². The van der Waals surface area contributed by atoms with Crippen molar-refractivity contribution in [3.63, 3.8) is 0 Å². The molecular formula is C20H26N2S. The fraction of sp³-hybridized carbons (Fsp3) is 0.450. The third kappa shape index (κ3) is 4.36. The third-order valence-electron chi connectivity index (χ3n) is 4.33. The Balaban J connectivity index is 1.86. The molecule has 1 aliphatic rings. The van der Waals surface area contributed by atoms with Crippen molar-refractivity contribution < 1.29 is 0 Å². The molecule has 122 valence electrons. The summed E-state index contributed by atoms with van der Waals surface area (Å²) in [6.07, 6.45) is 5.82. The molecule has 2 aromatic rings. The molecule has 1 aromatic carbocycles. The zero-order chi connectivity index (χ0) is 16.1. The molecule has 2 nitrogen and oxygen atoms in total. The van der Waals surface area contributed by atoms with Gasteiger partial charge in [-0.25, -0.2) is 4.98 Å². The van der Waals surface area contributed by atoms with E-state index in [2.05, 4.69) is 61.2 Å². The zero-order valence-electron chi connectivity index (χ0n) is 14.1. The quantitative estimate of drug-likeness (QED) is 0.730. The molecule has 0 saturated carbocycles. The van der Waals surface area contributed by atoms with E-state index >= 15 is 0 Å². The number of benzene rings is 1. The topological polar surface area (TPSA) is 16.1 Å². The van der Waals surface area contributed by atoms with Crippen molar-refractivity contribution in [1.82, 2.24) is 9.88 Å². The van der Waals surface area contributed by atoms with Crippen LogP contribution in [0.3, 0.4) is 0 Å². The fourth-order valence-electron chi connectivity index (χ4n) is 3.37. The van der Waals surface area contributed by atoms with Crippen LogP contribution in [0.25, 0.3) is 0 Å². The van der Waals surface area contributed by atoms with Gasteiger partial charge >= 0.3 is 0 Å². The summed E-state index contributed by atoms with van der Waals surface area (Å²) in [4.78, 5) is 8.63. The molecule has 0 radical (unpaired) electrons. The van der Waals surface area contributed by atoms with Gasteiger partial charge in [-0.2, -0.15) is 0 Å². The van der Waals surface area contributed by atoms with Gasteiger partial charge in [-0.05, 0) is 43.5 Å². The van der Waals surface area contributed by atoms with Crippen LogP contribution in [-0.4, -0.2) is 23.0 Å². The number of aromatic nitrogens is 1. The Labute approximate surface area is 144 Å². The summed E-state index contributed by atoms with van der Waals surface area (Å²) in [5.74, 6) is 0.706. The maximum atomic E-state index is 4.70. The fourth-order valence-corrected chi connectivity index (χ4v) is 4.33. The van der Waals surface area contributed by atoms with Crippen LogP contribution < -0.4 is 0 Å². The highest BCUT2D eigenvalue weighted by Crippen LogP contribution is 2.38. The Kier molecular flexibility index (Phi) is 5.74. The van der Waals surface area contributed by atoms with Crippen molar-refractivity contribution in [2.24, 2.45) is 5.92 Å². The highest BCUT2D eigenvalue weighted by Gasteiger charge is 2.26. The van der Waals surface area contributed by atoms with E-state index in [1.807, 2.05) is 6.20 Å². The highest BCUT2D eigenvalue weighted by molar-refractivity contribution is 7.99. The molecule has 3 heteroatoms. The van der Waals surface area contributed by atoms with Gasteiger partial charge < -0.3 is 0 Å². The first-order chi connectivity index (χ1) is 11.2. The second-order valence-corrected chi connectivity index (χ2v) is 7.78. The van der Waals surface area contributed by atoms with Crippen LogP contribution in [0.4, 0.5) is 0 Å². The second kappa shape index (κ2) is 7.98. The smallest absolute Gasteiger partial charge is 0.105 e. The molecule has 0 unspecified atom stereocenters. The van der Waals surface area contributed by atoms with Gasteiger partial charge in [0, 0.05) is 29.2 Å². The normalized spacial score (nSPS) is 19.2. The summed E-state index contributed by atoms with van der Waals surface area (Å²) >= 11 is 1.79. The van der Waals surface area contributed by atoms with E-state index in [1.54, 1.807) is 11.8 Å². The molecule has 2 heterocycles. The van der Waals surface area contributed by atoms with Crippen LogP contribution in [0.15, 0.2) is 58.6 Å². The zero-order valence-corrected chi connectivity index (χ0v) is 14.9. The van der Waals surface area contributed by atoms with Crippen LogP contribution in [0.1, 0.15) is 44.7 Å². The molecule has 0 bridgehead atoms. The number of piperidine rings is 1. The Morgan fingerprint density at radius 2 is 1.96 bits per heavy atom. The van der Waals surface area contributed by atoms with E-state index in [0.717, 1.165) is 0 Å². The second-order valence-electron chi connectivity index (χ2n) is 6.71. The van der Waals surface area contributed by atoms with Gasteiger partial charge in [-0.3, -0.25) is 4.90 Å². The minimum absolute atomic E-state index is 0.520. The molecule has 0 N–H and O–H groups in total. The average molecular weight is 327 g/mol. The van der Waals surface area contributed by atoms with Crippen molar-refractivity contribution in [2.45, 2.75) is 49.1 Å². The lowest BCUT2D eigenvalue weighted by Gasteiger charge is -2.37. The van der Waals surface area contributed by atoms with Crippen LogP contribution >= 0.6 is 11.8 Å². The SMILES string of the molecule is CC(C)CN1CCCC[C@H]1c1cccnc1Sc1ccccc1. The van der Waals surface area contributed by atoms with Gasteiger partial charge in [0.15, 0.2) is 0 Å². The lowest BCUT2D eigenvalue weighted by Crippen LogP contribution is -2.36. The van der Waals surface area contributed by atoms with Crippen LogP contribution in [-0.2, 0) is 0 Å². The van der Waals surface area contributed by atoms with E-state index in [9.17, 15) is 0 Å². The molecule has 23 heavy (non-hydrogen) atoms. The van der Waals surface area contributed by atoms with Gasteiger partial charge in [-0.1, -0.05) is 56.3 Å². The predicted molar refractivity (Wildman–Crippen MR) is 97.8 cm³/mol.